The lowest BCUT2D eigenvalue weighted by molar-refractivity contribution is -0.132. The molecule has 110 valence electrons. The Hall–Kier alpha value is -2.57. The van der Waals surface area contributed by atoms with Crippen molar-refractivity contribution in [2.75, 3.05) is 22.5 Å². The van der Waals surface area contributed by atoms with Gasteiger partial charge in [0.25, 0.3) is 0 Å². The number of fused-ring (bicyclic) bond motifs is 1. The Bertz CT molecular complexity index is 656. The lowest BCUT2D eigenvalue weighted by Gasteiger charge is -2.35. The molecule has 1 aromatic carbocycles. The Morgan fingerprint density at radius 1 is 1.14 bits per heavy atom. The number of carbonyl (C=O) groups is 3. The van der Waals surface area contributed by atoms with Crippen molar-refractivity contribution in [3.8, 4) is 0 Å². The molecule has 0 aromatic heterocycles. The molecule has 0 bridgehead atoms. The van der Waals surface area contributed by atoms with Crippen LogP contribution >= 0.6 is 0 Å². The molecule has 3 rings (SSSR count). The summed E-state index contributed by atoms with van der Waals surface area (Å²) in [7, 11) is 0. The molecule has 7 heteroatoms. The summed E-state index contributed by atoms with van der Waals surface area (Å²) in [4.78, 5) is 36.5. The van der Waals surface area contributed by atoms with Crippen LogP contribution in [0.5, 0.6) is 0 Å². The number of amides is 3. The van der Waals surface area contributed by atoms with E-state index < -0.39 is 6.04 Å². The van der Waals surface area contributed by atoms with Crippen LogP contribution in [0.4, 0.5) is 17.1 Å². The molecule has 1 unspecified atom stereocenters. The number of piperazine rings is 1. The molecule has 3 amide bonds. The molecular weight excluding hydrogens is 272 g/mol. The van der Waals surface area contributed by atoms with E-state index in [9.17, 15) is 14.4 Å². The number of nitrogens with one attached hydrogen (secondary N) is 2. The van der Waals surface area contributed by atoms with Crippen molar-refractivity contribution in [3.63, 3.8) is 0 Å². The summed E-state index contributed by atoms with van der Waals surface area (Å²) in [5.41, 5.74) is 8.82. The maximum atomic E-state index is 11.8. The second-order valence-electron chi connectivity index (χ2n) is 5.33. The zero-order valence-corrected chi connectivity index (χ0v) is 11.6. The van der Waals surface area contributed by atoms with Crippen LogP contribution in [0.3, 0.4) is 0 Å². The molecule has 0 aliphatic carbocycles. The minimum atomic E-state index is -0.498. The Morgan fingerprint density at radius 2 is 1.90 bits per heavy atom. The fourth-order valence-corrected chi connectivity index (χ4v) is 2.69. The van der Waals surface area contributed by atoms with Crippen LogP contribution in [0.25, 0.3) is 0 Å². The zero-order valence-electron chi connectivity index (χ0n) is 11.6. The molecule has 0 saturated carbocycles. The first-order valence-corrected chi connectivity index (χ1v) is 6.78. The predicted molar refractivity (Wildman–Crippen MR) is 77.8 cm³/mol. The molecule has 2 aliphatic rings. The van der Waals surface area contributed by atoms with Gasteiger partial charge in [-0.15, -0.1) is 0 Å². The second-order valence-corrected chi connectivity index (χ2v) is 5.33. The van der Waals surface area contributed by atoms with Gasteiger partial charge in [0, 0.05) is 12.1 Å². The smallest absolute Gasteiger partial charge is 0.249 e. The van der Waals surface area contributed by atoms with Crippen molar-refractivity contribution in [1.29, 1.82) is 0 Å². The molecule has 2 aliphatic heterocycles. The van der Waals surface area contributed by atoms with Crippen molar-refractivity contribution >= 4 is 34.8 Å². The van der Waals surface area contributed by atoms with Crippen LogP contribution in [0, 0.1) is 0 Å². The average Bonchev–Trinajstić information content (AvgIpc) is 2.43. The van der Waals surface area contributed by atoms with E-state index >= 15 is 0 Å². The molecule has 0 radical (unpaired) electrons. The van der Waals surface area contributed by atoms with Crippen molar-refractivity contribution in [1.82, 2.24) is 5.32 Å². The molecule has 1 fully saturated rings. The average molecular weight is 288 g/mol. The van der Waals surface area contributed by atoms with Crippen molar-refractivity contribution in [3.05, 3.63) is 17.7 Å². The molecular formula is C14H16N4O3. The van der Waals surface area contributed by atoms with Crippen molar-refractivity contribution in [2.45, 2.75) is 25.8 Å². The topological polar surface area (TPSA) is 105 Å². The second kappa shape index (κ2) is 4.76. The van der Waals surface area contributed by atoms with E-state index in [1.54, 1.807) is 24.0 Å². The van der Waals surface area contributed by atoms with Gasteiger partial charge in [-0.25, -0.2) is 0 Å². The minimum absolute atomic E-state index is 0.0428. The maximum absolute atomic E-state index is 11.8. The highest BCUT2D eigenvalue weighted by atomic mass is 16.2. The number of nitrogen functional groups attached to an aromatic ring is 1. The Morgan fingerprint density at radius 3 is 2.67 bits per heavy atom. The lowest BCUT2D eigenvalue weighted by Crippen LogP contribution is -2.57. The highest BCUT2D eigenvalue weighted by molar-refractivity contribution is 6.05. The third-order valence-electron chi connectivity index (χ3n) is 3.88. The fourth-order valence-electron chi connectivity index (χ4n) is 2.69. The Labute approximate surface area is 121 Å². The SMILES string of the molecule is CC1C(=O)NC(=O)CN1c1cc2c(cc1N)CCC(=O)N2. The van der Waals surface area contributed by atoms with Crippen LogP contribution in [-0.4, -0.2) is 30.3 Å². The molecule has 1 atom stereocenters. The van der Waals surface area contributed by atoms with Gasteiger partial charge < -0.3 is 16.0 Å². The number of hydrogen-bond donors (Lipinski definition) is 3. The van der Waals surface area contributed by atoms with Gasteiger partial charge in [0.2, 0.25) is 17.7 Å². The first-order chi connectivity index (χ1) is 9.95. The number of imide groups is 1. The number of rotatable bonds is 1. The van der Waals surface area contributed by atoms with Gasteiger partial charge in [0.1, 0.15) is 6.04 Å². The van der Waals surface area contributed by atoms with E-state index in [1.807, 2.05) is 0 Å². The minimum Gasteiger partial charge on any atom is -0.397 e. The van der Waals surface area contributed by atoms with E-state index in [1.165, 1.54) is 0 Å². The molecule has 2 heterocycles. The molecule has 1 aromatic rings. The maximum Gasteiger partial charge on any atom is 0.249 e. The molecule has 21 heavy (non-hydrogen) atoms. The highest BCUT2D eigenvalue weighted by Crippen LogP contribution is 2.34. The largest absolute Gasteiger partial charge is 0.397 e. The summed E-state index contributed by atoms with van der Waals surface area (Å²) in [5, 5.41) is 5.08. The molecule has 0 spiro atoms. The Balaban J connectivity index is 2.01. The third-order valence-corrected chi connectivity index (χ3v) is 3.88. The number of nitrogens with two attached hydrogens (primary N) is 1. The predicted octanol–water partition coefficient (Wildman–Crippen LogP) is 0.00480. The molecule has 4 N–H and O–H groups in total. The summed E-state index contributed by atoms with van der Waals surface area (Å²) in [6, 6.07) is 3.04. The third kappa shape index (κ3) is 2.31. The summed E-state index contributed by atoms with van der Waals surface area (Å²) in [6.45, 7) is 1.77. The first kappa shape index (κ1) is 13.4. The van der Waals surface area contributed by atoms with Crippen LogP contribution < -0.4 is 21.3 Å². The number of anilines is 3. The van der Waals surface area contributed by atoms with Crippen LogP contribution in [0.2, 0.25) is 0 Å². The quantitative estimate of drug-likeness (QED) is 0.498. The monoisotopic (exact) mass is 288 g/mol. The lowest BCUT2D eigenvalue weighted by atomic mass is 10.00. The van der Waals surface area contributed by atoms with Gasteiger partial charge in [0.05, 0.1) is 17.9 Å². The number of nitrogens with zero attached hydrogens (tertiary/aromatic N) is 1. The van der Waals surface area contributed by atoms with Gasteiger partial charge in [0.15, 0.2) is 0 Å². The van der Waals surface area contributed by atoms with E-state index in [4.69, 9.17) is 5.73 Å². The van der Waals surface area contributed by atoms with Gasteiger partial charge >= 0.3 is 0 Å². The highest BCUT2D eigenvalue weighted by Gasteiger charge is 2.32. The van der Waals surface area contributed by atoms with E-state index in [2.05, 4.69) is 10.6 Å². The van der Waals surface area contributed by atoms with Crippen LogP contribution in [-0.2, 0) is 20.8 Å². The molecule has 7 nitrogen and oxygen atoms in total. The van der Waals surface area contributed by atoms with Crippen LogP contribution in [0.1, 0.15) is 18.9 Å². The fraction of sp³-hybridized carbons (Fsp3) is 0.357. The van der Waals surface area contributed by atoms with Gasteiger partial charge in [-0.3, -0.25) is 19.7 Å². The van der Waals surface area contributed by atoms with E-state index in [0.717, 1.165) is 5.56 Å². The molecule has 1 saturated heterocycles. The normalized spacial score (nSPS) is 21.7. The van der Waals surface area contributed by atoms with Crippen molar-refractivity contribution in [2.24, 2.45) is 0 Å². The van der Waals surface area contributed by atoms with E-state index in [0.29, 0.717) is 29.9 Å². The number of aryl methyl sites for hydroxylation is 1. The number of carbonyl (C=O) groups excluding carboxylic acids is 3. The van der Waals surface area contributed by atoms with E-state index in [-0.39, 0.29) is 24.3 Å². The van der Waals surface area contributed by atoms with Gasteiger partial charge in [-0.2, -0.15) is 0 Å². The van der Waals surface area contributed by atoms with Crippen LogP contribution in [0.15, 0.2) is 12.1 Å². The van der Waals surface area contributed by atoms with Crippen molar-refractivity contribution < 1.29 is 14.4 Å². The number of benzene rings is 1. The Kier molecular flexibility index (Phi) is 3.04. The van der Waals surface area contributed by atoms with Gasteiger partial charge in [-0.05, 0) is 31.0 Å². The standard InChI is InChI=1S/C14H16N4O3/c1-7-14(21)17-13(20)6-18(7)11-5-10-8(4-9(11)15)2-3-12(19)16-10/h4-5,7H,2-3,6,15H2,1H3,(H,16,19)(H,17,20,21). The number of hydrogen-bond acceptors (Lipinski definition) is 5. The summed E-state index contributed by atoms with van der Waals surface area (Å²) >= 11 is 0. The summed E-state index contributed by atoms with van der Waals surface area (Å²) < 4.78 is 0. The zero-order chi connectivity index (χ0) is 15.1. The first-order valence-electron chi connectivity index (χ1n) is 6.78. The van der Waals surface area contributed by atoms with Gasteiger partial charge in [-0.1, -0.05) is 0 Å². The summed E-state index contributed by atoms with van der Waals surface area (Å²) in [6.07, 6.45) is 1.08. The summed E-state index contributed by atoms with van der Waals surface area (Å²) in [5.74, 6) is -0.759.